The van der Waals surface area contributed by atoms with Crippen LogP contribution in [-0.4, -0.2) is 27.1 Å². The van der Waals surface area contributed by atoms with Crippen molar-refractivity contribution in [1.29, 1.82) is 0 Å². The van der Waals surface area contributed by atoms with Crippen molar-refractivity contribution in [2.24, 2.45) is 0 Å². The number of hydrogen-bond donors (Lipinski definition) is 1. The summed E-state index contributed by atoms with van der Waals surface area (Å²) in [6, 6.07) is 8.61. The first-order valence-electron chi connectivity index (χ1n) is 9.81. The van der Waals surface area contributed by atoms with Crippen LogP contribution in [0.3, 0.4) is 0 Å². The van der Waals surface area contributed by atoms with Crippen LogP contribution in [0.4, 0.5) is 5.82 Å². The van der Waals surface area contributed by atoms with Crippen LogP contribution < -0.4 is 5.32 Å². The second-order valence-electron chi connectivity index (χ2n) is 7.24. The van der Waals surface area contributed by atoms with Crippen LogP contribution in [0.2, 0.25) is 10.0 Å². The SMILES string of the molecule is CCOC(=O)c1nc(Br)n(C(C)C)c1C(Nc1cc(Cl)ccn1)c1ccc(Cl)cc1C. The van der Waals surface area contributed by atoms with Gasteiger partial charge in [-0.05, 0) is 79.0 Å². The van der Waals surface area contributed by atoms with Crippen LogP contribution in [-0.2, 0) is 4.74 Å². The third kappa shape index (κ3) is 5.22. The van der Waals surface area contributed by atoms with Crippen LogP contribution >= 0.6 is 39.1 Å². The van der Waals surface area contributed by atoms with E-state index < -0.39 is 12.0 Å². The van der Waals surface area contributed by atoms with E-state index in [-0.39, 0.29) is 18.3 Å². The largest absolute Gasteiger partial charge is 0.461 e. The Morgan fingerprint density at radius 1 is 1.23 bits per heavy atom. The number of carbonyl (C=O) groups is 1. The number of rotatable bonds is 7. The molecule has 0 bridgehead atoms. The highest BCUT2D eigenvalue weighted by atomic mass is 79.9. The number of hydrogen-bond acceptors (Lipinski definition) is 5. The molecule has 2 heterocycles. The van der Waals surface area contributed by atoms with Gasteiger partial charge in [-0.3, -0.25) is 0 Å². The number of halogens is 3. The number of nitrogens with one attached hydrogen (secondary N) is 1. The number of aryl methyl sites for hydroxylation is 1. The fourth-order valence-corrected chi connectivity index (χ4v) is 4.59. The fraction of sp³-hybridized carbons (Fsp3) is 0.318. The first-order valence-corrected chi connectivity index (χ1v) is 11.4. The maximum atomic E-state index is 12.8. The smallest absolute Gasteiger partial charge is 0.358 e. The van der Waals surface area contributed by atoms with Crippen LogP contribution in [0.5, 0.6) is 0 Å². The summed E-state index contributed by atoms with van der Waals surface area (Å²) in [5.41, 5.74) is 2.77. The van der Waals surface area contributed by atoms with Crippen molar-refractivity contribution in [2.75, 3.05) is 11.9 Å². The van der Waals surface area contributed by atoms with E-state index in [1.54, 1.807) is 25.3 Å². The molecular weight excluding hydrogens is 503 g/mol. The van der Waals surface area contributed by atoms with Gasteiger partial charge in [-0.15, -0.1) is 0 Å². The highest BCUT2D eigenvalue weighted by molar-refractivity contribution is 9.10. The third-order valence-corrected chi connectivity index (χ3v) is 5.75. The first-order chi connectivity index (χ1) is 14.7. The van der Waals surface area contributed by atoms with Gasteiger partial charge in [0.05, 0.1) is 18.3 Å². The monoisotopic (exact) mass is 524 g/mol. The number of imidazole rings is 1. The zero-order valence-corrected chi connectivity index (χ0v) is 20.7. The lowest BCUT2D eigenvalue weighted by atomic mass is 9.96. The topological polar surface area (TPSA) is 69.0 Å². The van der Waals surface area contributed by atoms with Crippen molar-refractivity contribution in [1.82, 2.24) is 14.5 Å². The molecule has 0 saturated heterocycles. The summed E-state index contributed by atoms with van der Waals surface area (Å²) < 4.78 is 7.80. The zero-order chi connectivity index (χ0) is 22.7. The van der Waals surface area contributed by atoms with Crippen molar-refractivity contribution < 1.29 is 9.53 Å². The minimum Gasteiger partial charge on any atom is -0.461 e. The van der Waals surface area contributed by atoms with Gasteiger partial charge in [0.1, 0.15) is 5.82 Å². The van der Waals surface area contributed by atoms with E-state index in [1.165, 1.54) is 0 Å². The Balaban J connectivity index is 2.27. The van der Waals surface area contributed by atoms with Gasteiger partial charge >= 0.3 is 5.97 Å². The van der Waals surface area contributed by atoms with Crippen LogP contribution in [0.1, 0.15) is 60.2 Å². The number of nitrogens with zero attached hydrogens (tertiary/aromatic N) is 3. The lowest BCUT2D eigenvalue weighted by Gasteiger charge is -2.26. The maximum absolute atomic E-state index is 12.8. The number of carbonyl (C=O) groups excluding carboxylic acids is 1. The van der Waals surface area contributed by atoms with Crippen molar-refractivity contribution in [2.45, 2.75) is 39.8 Å². The molecule has 6 nitrogen and oxygen atoms in total. The third-order valence-electron chi connectivity index (χ3n) is 4.72. The molecule has 164 valence electrons. The van der Waals surface area contributed by atoms with Crippen LogP contribution in [0, 0.1) is 6.92 Å². The van der Waals surface area contributed by atoms with E-state index in [0.29, 0.717) is 26.3 Å². The van der Waals surface area contributed by atoms with Gasteiger partial charge in [-0.2, -0.15) is 0 Å². The highest BCUT2D eigenvalue weighted by Gasteiger charge is 2.31. The summed E-state index contributed by atoms with van der Waals surface area (Å²) in [5.74, 6) is 0.0735. The molecule has 0 radical (unpaired) electrons. The molecule has 0 saturated carbocycles. The Morgan fingerprint density at radius 3 is 2.55 bits per heavy atom. The Morgan fingerprint density at radius 2 is 1.94 bits per heavy atom. The second kappa shape index (κ2) is 10.0. The number of anilines is 1. The highest BCUT2D eigenvalue weighted by Crippen LogP contribution is 2.36. The van der Waals surface area contributed by atoms with E-state index in [1.807, 2.05) is 43.5 Å². The number of benzene rings is 1. The molecule has 9 heteroatoms. The molecule has 0 spiro atoms. The molecule has 3 aromatic rings. The van der Waals surface area contributed by atoms with Crippen molar-refractivity contribution in [3.63, 3.8) is 0 Å². The molecule has 1 unspecified atom stereocenters. The fourth-order valence-electron chi connectivity index (χ4n) is 3.42. The minimum absolute atomic E-state index is 0.0179. The quantitative estimate of drug-likeness (QED) is 0.351. The first kappa shape index (κ1) is 23.6. The minimum atomic E-state index is -0.491. The van der Waals surface area contributed by atoms with Gasteiger partial charge in [-0.1, -0.05) is 29.3 Å². The van der Waals surface area contributed by atoms with E-state index in [0.717, 1.165) is 11.1 Å². The Kier molecular flexibility index (Phi) is 7.62. The number of esters is 1. The molecule has 1 N–H and O–H groups in total. The van der Waals surface area contributed by atoms with Gasteiger partial charge in [0, 0.05) is 22.3 Å². The van der Waals surface area contributed by atoms with E-state index in [4.69, 9.17) is 27.9 Å². The molecule has 0 aliphatic carbocycles. The van der Waals surface area contributed by atoms with E-state index in [2.05, 4.69) is 31.2 Å². The van der Waals surface area contributed by atoms with Gasteiger partial charge < -0.3 is 14.6 Å². The average molecular weight is 526 g/mol. The number of pyridine rings is 1. The molecule has 1 aromatic carbocycles. The normalized spacial score (nSPS) is 12.1. The molecular formula is C22H23BrCl2N4O2. The summed E-state index contributed by atoms with van der Waals surface area (Å²) in [6.45, 7) is 8.03. The predicted molar refractivity (Wildman–Crippen MR) is 127 cm³/mol. The van der Waals surface area contributed by atoms with Crippen LogP contribution in [0.25, 0.3) is 0 Å². The van der Waals surface area contributed by atoms with Gasteiger partial charge in [0.2, 0.25) is 0 Å². The summed E-state index contributed by atoms with van der Waals surface area (Å²) >= 11 is 15.9. The molecule has 3 rings (SSSR count). The van der Waals surface area contributed by atoms with Crippen molar-refractivity contribution >= 4 is 50.9 Å². The summed E-state index contributed by atoms with van der Waals surface area (Å²) in [4.78, 5) is 21.7. The van der Waals surface area contributed by atoms with Gasteiger partial charge in [0.25, 0.3) is 0 Å². The number of aromatic nitrogens is 3. The zero-order valence-electron chi connectivity index (χ0n) is 17.6. The van der Waals surface area contributed by atoms with Gasteiger partial charge in [0.15, 0.2) is 10.4 Å². The lowest BCUT2D eigenvalue weighted by Crippen LogP contribution is -2.22. The summed E-state index contributed by atoms with van der Waals surface area (Å²) in [6.07, 6.45) is 1.62. The molecule has 0 amide bonds. The van der Waals surface area contributed by atoms with E-state index >= 15 is 0 Å². The molecule has 2 aromatic heterocycles. The van der Waals surface area contributed by atoms with Crippen molar-refractivity contribution in [3.05, 3.63) is 73.8 Å². The molecule has 31 heavy (non-hydrogen) atoms. The number of ether oxygens (including phenoxy) is 1. The van der Waals surface area contributed by atoms with Crippen molar-refractivity contribution in [3.8, 4) is 0 Å². The van der Waals surface area contributed by atoms with E-state index in [9.17, 15) is 4.79 Å². The second-order valence-corrected chi connectivity index (χ2v) is 8.82. The standard InChI is InChI=1S/C22H23BrCl2N4O2/c1-5-31-21(30)19-20(29(12(2)3)22(23)28-19)18(16-7-6-14(24)10-13(16)4)27-17-11-15(25)8-9-26-17/h6-12,18H,5H2,1-4H3,(H,26,27). The van der Waals surface area contributed by atoms with Gasteiger partial charge in [-0.25, -0.2) is 14.8 Å². The Labute approximate surface area is 200 Å². The Hall–Kier alpha value is -2.09. The predicted octanol–water partition coefficient (Wildman–Crippen LogP) is 6.61. The summed E-state index contributed by atoms with van der Waals surface area (Å²) in [5, 5.41) is 4.61. The molecule has 0 aliphatic rings. The molecule has 0 fully saturated rings. The molecule has 1 atom stereocenters. The van der Waals surface area contributed by atoms with Crippen LogP contribution in [0.15, 0.2) is 41.3 Å². The average Bonchev–Trinajstić information content (AvgIpc) is 3.04. The Bertz CT molecular complexity index is 1100. The maximum Gasteiger partial charge on any atom is 0.358 e. The lowest BCUT2D eigenvalue weighted by molar-refractivity contribution is 0.0518. The summed E-state index contributed by atoms with van der Waals surface area (Å²) in [7, 11) is 0. The molecule has 0 aliphatic heterocycles.